The number of hydrogen-bond acceptors (Lipinski definition) is 4. The first-order valence-corrected chi connectivity index (χ1v) is 10.6. The van der Waals surface area contributed by atoms with Gasteiger partial charge in [-0.05, 0) is 48.6 Å². The van der Waals surface area contributed by atoms with E-state index in [1.807, 2.05) is 43.3 Å². The summed E-state index contributed by atoms with van der Waals surface area (Å²) >= 11 is 12.5. The molecule has 0 spiro atoms. The molecule has 1 heterocycles. The number of benzene rings is 2. The van der Waals surface area contributed by atoms with Crippen molar-refractivity contribution in [3.8, 4) is 0 Å². The molecule has 0 N–H and O–H groups in total. The van der Waals surface area contributed by atoms with Crippen molar-refractivity contribution in [2.75, 3.05) is 7.11 Å². The summed E-state index contributed by atoms with van der Waals surface area (Å²) in [6.07, 6.45) is 0.926. The Labute approximate surface area is 185 Å². The van der Waals surface area contributed by atoms with Crippen LogP contribution in [0.2, 0.25) is 10.0 Å². The molecule has 2 aliphatic rings. The van der Waals surface area contributed by atoms with Gasteiger partial charge in [0.05, 0.1) is 7.11 Å². The van der Waals surface area contributed by atoms with Gasteiger partial charge >= 0.3 is 5.97 Å². The maximum absolute atomic E-state index is 13.4. The topological polar surface area (TPSA) is 55.7 Å². The smallest absolute Gasteiger partial charge is 0.315 e. The lowest BCUT2D eigenvalue weighted by Gasteiger charge is -2.36. The van der Waals surface area contributed by atoms with Crippen LogP contribution in [-0.2, 0) is 14.3 Å². The van der Waals surface area contributed by atoms with Gasteiger partial charge in [-0.1, -0.05) is 53.5 Å². The Morgan fingerprint density at radius 3 is 2.43 bits per heavy atom. The number of nitrogens with zero attached hydrogens (tertiary/aromatic N) is 1. The van der Waals surface area contributed by atoms with Crippen LogP contribution in [0.4, 0.5) is 0 Å². The Bertz CT molecular complexity index is 1070. The predicted molar refractivity (Wildman–Crippen MR) is 118 cm³/mol. The third-order valence-corrected chi connectivity index (χ3v) is 6.51. The van der Waals surface area contributed by atoms with Gasteiger partial charge in [-0.3, -0.25) is 14.6 Å². The van der Waals surface area contributed by atoms with Crippen LogP contribution in [0, 0.1) is 5.92 Å². The normalized spacial score (nSPS) is 23.7. The SMILES string of the molecule is COC(=O)C1C(C)=NC2=C(C(=O)C[C@H](c3ccccc3Cl)C2)[C@H]1c1ccc(Cl)cc1. The second kappa shape index (κ2) is 8.37. The molecule has 154 valence electrons. The highest BCUT2D eigenvalue weighted by Crippen LogP contribution is 2.47. The van der Waals surface area contributed by atoms with Crippen molar-refractivity contribution in [2.45, 2.75) is 31.6 Å². The highest BCUT2D eigenvalue weighted by Gasteiger charge is 2.44. The van der Waals surface area contributed by atoms with E-state index >= 15 is 0 Å². The highest BCUT2D eigenvalue weighted by molar-refractivity contribution is 6.31. The molecule has 0 aromatic heterocycles. The van der Waals surface area contributed by atoms with Gasteiger partial charge in [-0.2, -0.15) is 0 Å². The largest absolute Gasteiger partial charge is 0.468 e. The van der Waals surface area contributed by atoms with Crippen LogP contribution in [0.1, 0.15) is 42.7 Å². The first kappa shape index (κ1) is 20.8. The molecule has 2 aromatic rings. The minimum Gasteiger partial charge on any atom is -0.468 e. The molecule has 0 radical (unpaired) electrons. The average Bonchev–Trinajstić information content (AvgIpc) is 2.73. The number of halogens is 2. The summed E-state index contributed by atoms with van der Waals surface area (Å²) < 4.78 is 5.06. The Morgan fingerprint density at radius 1 is 1.07 bits per heavy atom. The molecule has 4 rings (SSSR count). The lowest BCUT2D eigenvalue weighted by Crippen LogP contribution is -2.37. The number of Topliss-reactive ketones (excluding diaryl/α,β-unsaturated/α-hetero) is 1. The Kier molecular flexibility index (Phi) is 5.81. The summed E-state index contributed by atoms with van der Waals surface area (Å²) in [5, 5.41) is 1.25. The Balaban J connectivity index is 1.82. The minimum atomic E-state index is -0.643. The molecule has 30 heavy (non-hydrogen) atoms. The lowest BCUT2D eigenvalue weighted by molar-refractivity contribution is -0.143. The van der Waals surface area contributed by atoms with Crippen LogP contribution >= 0.6 is 23.2 Å². The number of ketones is 1. The molecule has 0 saturated heterocycles. The summed E-state index contributed by atoms with van der Waals surface area (Å²) in [4.78, 5) is 30.8. The van der Waals surface area contributed by atoms with E-state index in [2.05, 4.69) is 0 Å². The summed E-state index contributed by atoms with van der Waals surface area (Å²) in [7, 11) is 1.36. The van der Waals surface area contributed by atoms with Crippen molar-refractivity contribution in [2.24, 2.45) is 10.9 Å². The zero-order valence-electron chi connectivity index (χ0n) is 16.7. The maximum Gasteiger partial charge on any atom is 0.315 e. The van der Waals surface area contributed by atoms with Crippen LogP contribution < -0.4 is 0 Å². The number of esters is 1. The molecule has 1 aliphatic carbocycles. The van der Waals surface area contributed by atoms with Gasteiger partial charge in [0.2, 0.25) is 0 Å². The fraction of sp³-hybridized carbons (Fsp3) is 0.292. The van der Waals surface area contributed by atoms with Gasteiger partial charge in [0.1, 0.15) is 5.92 Å². The average molecular weight is 442 g/mol. The zero-order chi connectivity index (χ0) is 21.4. The van der Waals surface area contributed by atoms with Crippen molar-refractivity contribution >= 4 is 40.7 Å². The van der Waals surface area contributed by atoms with E-state index < -0.39 is 17.8 Å². The number of hydrogen-bond donors (Lipinski definition) is 0. The third kappa shape index (κ3) is 3.70. The quantitative estimate of drug-likeness (QED) is 0.570. The molecule has 0 fully saturated rings. The van der Waals surface area contributed by atoms with Crippen molar-refractivity contribution in [1.29, 1.82) is 0 Å². The molecule has 3 atom stereocenters. The van der Waals surface area contributed by atoms with Crippen molar-refractivity contribution in [1.82, 2.24) is 0 Å². The molecule has 2 aromatic carbocycles. The van der Waals surface area contributed by atoms with Crippen LogP contribution in [0.3, 0.4) is 0 Å². The second-order valence-corrected chi connectivity index (χ2v) is 8.54. The van der Waals surface area contributed by atoms with E-state index in [0.29, 0.717) is 34.2 Å². The van der Waals surface area contributed by atoms with E-state index in [4.69, 9.17) is 32.9 Å². The monoisotopic (exact) mass is 441 g/mol. The highest BCUT2D eigenvalue weighted by atomic mass is 35.5. The summed E-state index contributed by atoms with van der Waals surface area (Å²) in [6.45, 7) is 1.82. The van der Waals surface area contributed by atoms with Gasteiger partial charge in [0.15, 0.2) is 5.78 Å². The zero-order valence-corrected chi connectivity index (χ0v) is 18.2. The molecule has 0 amide bonds. The van der Waals surface area contributed by atoms with Gasteiger partial charge in [0, 0.05) is 39.4 Å². The van der Waals surface area contributed by atoms with Crippen LogP contribution in [0.25, 0.3) is 0 Å². The fourth-order valence-electron chi connectivity index (χ4n) is 4.55. The molecule has 6 heteroatoms. The van der Waals surface area contributed by atoms with Gasteiger partial charge in [0.25, 0.3) is 0 Å². The van der Waals surface area contributed by atoms with Crippen molar-refractivity contribution in [3.63, 3.8) is 0 Å². The molecular formula is C24H21Cl2NO3. The lowest BCUT2D eigenvalue weighted by atomic mass is 9.69. The van der Waals surface area contributed by atoms with Crippen LogP contribution in [0.15, 0.2) is 64.8 Å². The Hall–Kier alpha value is -2.43. The van der Waals surface area contributed by atoms with Gasteiger partial charge in [-0.25, -0.2) is 0 Å². The predicted octanol–water partition coefficient (Wildman–Crippen LogP) is 5.74. The molecular weight excluding hydrogens is 421 g/mol. The maximum atomic E-state index is 13.4. The minimum absolute atomic E-state index is 0.00808. The number of carbonyl (C=O) groups excluding carboxylic acids is 2. The number of allylic oxidation sites excluding steroid dienone is 2. The first-order valence-electron chi connectivity index (χ1n) is 9.79. The number of aliphatic imine (C=N–C) groups is 1. The first-order chi connectivity index (χ1) is 14.4. The Morgan fingerprint density at radius 2 is 1.77 bits per heavy atom. The van der Waals surface area contributed by atoms with E-state index in [-0.39, 0.29) is 11.7 Å². The summed E-state index contributed by atoms with van der Waals surface area (Å²) in [5.41, 5.74) is 3.77. The third-order valence-electron chi connectivity index (χ3n) is 5.92. The number of carbonyl (C=O) groups is 2. The van der Waals surface area contributed by atoms with E-state index in [9.17, 15) is 9.59 Å². The van der Waals surface area contributed by atoms with E-state index in [1.54, 1.807) is 12.1 Å². The van der Waals surface area contributed by atoms with Crippen molar-refractivity contribution < 1.29 is 14.3 Å². The van der Waals surface area contributed by atoms with E-state index in [1.165, 1.54) is 7.11 Å². The van der Waals surface area contributed by atoms with Crippen LogP contribution in [0.5, 0.6) is 0 Å². The van der Waals surface area contributed by atoms with Crippen LogP contribution in [-0.4, -0.2) is 24.6 Å². The van der Waals surface area contributed by atoms with Gasteiger partial charge in [-0.15, -0.1) is 0 Å². The second-order valence-electron chi connectivity index (χ2n) is 7.69. The van der Waals surface area contributed by atoms with Crippen molar-refractivity contribution in [3.05, 3.63) is 81.0 Å². The van der Waals surface area contributed by atoms with Gasteiger partial charge < -0.3 is 4.74 Å². The number of rotatable bonds is 3. The summed E-state index contributed by atoms with van der Waals surface area (Å²) in [5.74, 6) is -1.53. The molecule has 4 nitrogen and oxygen atoms in total. The molecule has 1 unspecified atom stereocenters. The van der Waals surface area contributed by atoms with E-state index in [0.717, 1.165) is 16.8 Å². The standard InChI is InChI=1S/C24H21Cl2NO3/c1-13-21(24(29)30-2)22(14-7-9-16(25)10-8-14)23-19(27-13)11-15(12-20(23)28)17-5-3-4-6-18(17)26/h3-10,15,21-22H,11-12H2,1-2H3/t15-,21?,22+/m1/s1. The number of methoxy groups -OCH3 is 1. The molecule has 0 saturated carbocycles. The molecule has 1 aliphatic heterocycles. The molecule has 0 bridgehead atoms. The number of ether oxygens (including phenoxy) is 1. The fourth-order valence-corrected chi connectivity index (χ4v) is 4.96. The summed E-state index contributed by atoms with van der Waals surface area (Å²) in [6, 6.07) is 14.9.